The van der Waals surface area contributed by atoms with E-state index < -0.39 is 0 Å². The molecular formula is C10H12N4. The highest BCUT2D eigenvalue weighted by molar-refractivity contribution is 5.69. The summed E-state index contributed by atoms with van der Waals surface area (Å²) in [5, 5.41) is 8.18. The predicted octanol–water partition coefficient (Wildman–Crippen LogP) is 1.37. The van der Waals surface area contributed by atoms with Crippen LogP contribution in [-0.2, 0) is 7.05 Å². The van der Waals surface area contributed by atoms with Crippen molar-refractivity contribution in [2.75, 3.05) is 5.73 Å². The minimum absolute atomic E-state index is 0.469. The third kappa shape index (κ3) is 1.46. The highest BCUT2D eigenvalue weighted by atomic mass is 15.5. The molecule has 4 nitrogen and oxygen atoms in total. The summed E-state index contributed by atoms with van der Waals surface area (Å²) in [7, 11) is 1.76. The van der Waals surface area contributed by atoms with Crippen LogP contribution in [-0.4, -0.2) is 15.0 Å². The van der Waals surface area contributed by atoms with Gasteiger partial charge < -0.3 is 5.73 Å². The Balaban J connectivity index is 2.49. The molecule has 0 aliphatic carbocycles. The average Bonchev–Trinajstić information content (AvgIpc) is 2.47. The second kappa shape index (κ2) is 3.14. The van der Waals surface area contributed by atoms with Gasteiger partial charge in [-0.2, -0.15) is 9.90 Å². The number of nitrogens with zero attached hydrogens (tertiary/aromatic N) is 3. The first-order valence-corrected chi connectivity index (χ1v) is 4.40. The molecule has 1 heterocycles. The van der Waals surface area contributed by atoms with Gasteiger partial charge in [-0.25, -0.2) is 0 Å². The van der Waals surface area contributed by atoms with Gasteiger partial charge in [0.1, 0.15) is 5.69 Å². The Hall–Kier alpha value is -1.84. The molecule has 0 fully saturated rings. The van der Waals surface area contributed by atoms with E-state index >= 15 is 0 Å². The number of benzene rings is 1. The fourth-order valence-corrected chi connectivity index (χ4v) is 1.34. The molecule has 1 aromatic carbocycles. The van der Waals surface area contributed by atoms with Crippen molar-refractivity contribution < 1.29 is 0 Å². The van der Waals surface area contributed by atoms with Gasteiger partial charge in [0.2, 0.25) is 0 Å². The van der Waals surface area contributed by atoms with E-state index in [0.29, 0.717) is 5.82 Å². The number of aryl methyl sites for hydroxylation is 2. The van der Waals surface area contributed by atoms with Crippen molar-refractivity contribution in [1.29, 1.82) is 0 Å². The van der Waals surface area contributed by atoms with E-state index in [1.165, 1.54) is 10.4 Å². The van der Waals surface area contributed by atoms with Gasteiger partial charge in [-0.05, 0) is 6.92 Å². The van der Waals surface area contributed by atoms with Crippen molar-refractivity contribution in [3.8, 4) is 11.3 Å². The van der Waals surface area contributed by atoms with E-state index in [-0.39, 0.29) is 0 Å². The van der Waals surface area contributed by atoms with Crippen molar-refractivity contribution in [3.05, 3.63) is 29.8 Å². The molecule has 4 heteroatoms. The maximum absolute atomic E-state index is 5.72. The monoisotopic (exact) mass is 188 g/mol. The maximum atomic E-state index is 5.72. The largest absolute Gasteiger partial charge is 0.380 e. The molecule has 14 heavy (non-hydrogen) atoms. The smallest absolute Gasteiger partial charge is 0.174 e. The first-order valence-electron chi connectivity index (χ1n) is 4.40. The second-order valence-corrected chi connectivity index (χ2v) is 3.29. The lowest BCUT2D eigenvalue weighted by atomic mass is 10.1. The van der Waals surface area contributed by atoms with Crippen LogP contribution in [0.1, 0.15) is 5.56 Å². The third-order valence-electron chi connectivity index (χ3n) is 2.06. The molecule has 1 aromatic heterocycles. The Morgan fingerprint density at radius 2 is 1.79 bits per heavy atom. The summed E-state index contributed by atoms with van der Waals surface area (Å²) in [6.07, 6.45) is 0. The lowest BCUT2D eigenvalue weighted by Gasteiger charge is -1.97. The molecule has 0 radical (unpaired) electrons. The summed E-state index contributed by atoms with van der Waals surface area (Å²) >= 11 is 0. The van der Waals surface area contributed by atoms with E-state index in [9.17, 15) is 0 Å². The summed E-state index contributed by atoms with van der Waals surface area (Å²) in [5.74, 6) is 0.469. The molecule has 2 rings (SSSR count). The van der Waals surface area contributed by atoms with Crippen LogP contribution in [0.3, 0.4) is 0 Å². The molecule has 0 bridgehead atoms. The topological polar surface area (TPSA) is 56.7 Å². The summed E-state index contributed by atoms with van der Waals surface area (Å²) in [6.45, 7) is 2.05. The molecule has 0 saturated carbocycles. The van der Waals surface area contributed by atoms with Crippen LogP contribution in [0.15, 0.2) is 24.3 Å². The molecule has 0 atom stereocenters. The Labute approximate surface area is 82.4 Å². The fraction of sp³-hybridized carbons (Fsp3) is 0.200. The molecule has 0 aliphatic heterocycles. The number of nitrogen functional groups attached to an aromatic ring is 1. The zero-order valence-electron chi connectivity index (χ0n) is 8.23. The fourth-order valence-electron chi connectivity index (χ4n) is 1.34. The maximum Gasteiger partial charge on any atom is 0.174 e. The van der Waals surface area contributed by atoms with Gasteiger partial charge >= 0.3 is 0 Å². The molecule has 0 amide bonds. The zero-order chi connectivity index (χ0) is 10.1. The van der Waals surface area contributed by atoms with E-state index in [2.05, 4.69) is 10.2 Å². The van der Waals surface area contributed by atoms with Crippen molar-refractivity contribution in [1.82, 2.24) is 15.0 Å². The number of hydrogen-bond acceptors (Lipinski definition) is 3. The molecule has 0 saturated heterocycles. The molecule has 0 unspecified atom stereocenters. The lowest BCUT2D eigenvalue weighted by Crippen LogP contribution is -1.92. The number of anilines is 1. The predicted molar refractivity (Wildman–Crippen MR) is 55.6 cm³/mol. The van der Waals surface area contributed by atoms with Gasteiger partial charge in [-0.15, -0.1) is 5.10 Å². The average molecular weight is 188 g/mol. The first kappa shape index (κ1) is 8.74. The normalized spacial score (nSPS) is 10.4. The summed E-state index contributed by atoms with van der Waals surface area (Å²) in [6, 6.07) is 8.05. The van der Waals surface area contributed by atoms with Crippen LogP contribution in [0.5, 0.6) is 0 Å². The Kier molecular flexibility index (Phi) is 1.96. The quantitative estimate of drug-likeness (QED) is 0.735. The molecular weight excluding hydrogens is 176 g/mol. The number of hydrogen-bond donors (Lipinski definition) is 1. The van der Waals surface area contributed by atoms with Gasteiger partial charge in [0, 0.05) is 12.6 Å². The van der Waals surface area contributed by atoms with Crippen LogP contribution >= 0.6 is 0 Å². The standard InChI is InChI=1S/C10H12N4/c1-7-3-5-8(6-4-7)9-10(11)13-14(2)12-9/h3-6H,1-2H3,(H2,11,13). The molecule has 72 valence electrons. The van der Waals surface area contributed by atoms with E-state index in [1.807, 2.05) is 31.2 Å². The summed E-state index contributed by atoms with van der Waals surface area (Å²) in [5.41, 5.74) is 8.68. The van der Waals surface area contributed by atoms with Gasteiger partial charge in [0.25, 0.3) is 0 Å². The molecule has 2 N–H and O–H groups in total. The lowest BCUT2D eigenvalue weighted by molar-refractivity contribution is 0.658. The minimum atomic E-state index is 0.469. The van der Waals surface area contributed by atoms with Crippen molar-refractivity contribution >= 4 is 5.82 Å². The number of rotatable bonds is 1. The summed E-state index contributed by atoms with van der Waals surface area (Å²) < 4.78 is 0. The summed E-state index contributed by atoms with van der Waals surface area (Å²) in [4.78, 5) is 1.48. The van der Waals surface area contributed by atoms with Crippen LogP contribution in [0.4, 0.5) is 5.82 Å². The minimum Gasteiger partial charge on any atom is -0.380 e. The van der Waals surface area contributed by atoms with Crippen molar-refractivity contribution in [3.63, 3.8) is 0 Å². The van der Waals surface area contributed by atoms with Gasteiger partial charge in [-0.3, -0.25) is 0 Å². The first-order chi connectivity index (χ1) is 6.66. The Morgan fingerprint density at radius 1 is 1.14 bits per heavy atom. The molecule has 0 aliphatic rings. The van der Waals surface area contributed by atoms with Crippen LogP contribution in [0.2, 0.25) is 0 Å². The van der Waals surface area contributed by atoms with Crippen LogP contribution < -0.4 is 5.73 Å². The SMILES string of the molecule is Cc1ccc(-c2nn(C)nc2N)cc1. The Bertz CT molecular complexity index is 442. The van der Waals surface area contributed by atoms with Gasteiger partial charge in [-0.1, -0.05) is 29.8 Å². The van der Waals surface area contributed by atoms with Gasteiger partial charge in [0.05, 0.1) is 0 Å². The zero-order valence-corrected chi connectivity index (χ0v) is 8.23. The van der Waals surface area contributed by atoms with Crippen LogP contribution in [0.25, 0.3) is 11.3 Å². The van der Waals surface area contributed by atoms with Crippen molar-refractivity contribution in [2.24, 2.45) is 7.05 Å². The Morgan fingerprint density at radius 3 is 2.29 bits per heavy atom. The van der Waals surface area contributed by atoms with Crippen molar-refractivity contribution in [2.45, 2.75) is 6.92 Å². The number of aromatic nitrogens is 3. The molecule has 0 spiro atoms. The van der Waals surface area contributed by atoms with E-state index in [0.717, 1.165) is 11.3 Å². The van der Waals surface area contributed by atoms with E-state index in [4.69, 9.17) is 5.73 Å². The molecule has 2 aromatic rings. The highest BCUT2D eigenvalue weighted by Gasteiger charge is 2.07. The highest BCUT2D eigenvalue weighted by Crippen LogP contribution is 2.21. The van der Waals surface area contributed by atoms with Gasteiger partial charge in [0.15, 0.2) is 5.82 Å². The van der Waals surface area contributed by atoms with Crippen LogP contribution in [0, 0.1) is 6.92 Å². The third-order valence-corrected chi connectivity index (χ3v) is 2.06. The number of nitrogens with two attached hydrogens (primary N) is 1. The van der Waals surface area contributed by atoms with E-state index in [1.54, 1.807) is 7.05 Å². The second-order valence-electron chi connectivity index (χ2n) is 3.29.